The maximum absolute atomic E-state index is 12.1. The molecule has 2 nitrogen and oxygen atoms in total. The van der Waals surface area contributed by atoms with Crippen LogP contribution < -0.4 is 10.1 Å². The summed E-state index contributed by atoms with van der Waals surface area (Å²) in [5.74, 6) is 0.0600. The van der Waals surface area contributed by atoms with Crippen LogP contribution >= 0.6 is 0 Å². The van der Waals surface area contributed by atoms with Gasteiger partial charge in [-0.05, 0) is 37.1 Å². The first kappa shape index (κ1) is 15.8. The van der Waals surface area contributed by atoms with E-state index in [0.717, 1.165) is 18.4 Å². The molecule has 0 aliphatic carbocycles. The monoisotopic (exact) mass is 275 g/mol. The van der Waals surface area contributed by atoms with Gasteiger partial charge in [0, 0.05) is 6.04 Å². The highest BCUT2D eigenvalue weighted by Crippen LogP contribution is 2.27. The summed E-state index contributed by atoms with van der Waals surface area (Å²) in [6.07, 6.45) is -2.55. The Balaban J connectivity index is 2.74. The zero-order chi connectivity index (χ0) is 14.5. The molecule has 2 unspecified atom stereocenters. The zero-order valence-electron chi connectivity index (χ0n) is 11.4. The number of rotatable bonds is 6. The Labute approximate surface area is 112 Å². The molecular weight excluding hydrogens is 255 g/mol. The summed E-state index contributed by atoms with van der Waals surface area (Å²) in [6, 6.07) is 6.41. The van der Waals surface area contributed by atoms with Gasteiger partial charge in [-0.3, -0.25) is 0 Å². The predicted molar refractivity (Wildman–Crippen MR) is 69.3 cm³/mol. The number of hydrogen-bond donors (Lipinski definition) is 1. The van der Waals surface area contributed by atoms with Crippen molar-refractivity contribution in [3.8, 4) is 5.75 Å². The highest BCUT2D eigenvalue weighted by molar-refractivity contribution is 5.30. The van der Waals surface area contributed by atoms with Crippen molar-refractivity contribution in [3.05, 3.63) is 29.8 Å². The minimum atomic E-state index is -4.64. The van der Waals surface area contributed by atoms with Crippen molar-refractivity contribution in [2.45, 2.75) is 45.0 Å². The van der Waals surface area contributed by atoms with Crippen LogP contribution in [0.15, 0.2) is 24.3 Å². The summed E-state index contributed by atoms with van der Waals surface area (Å²) < 4.78 is 40.0. The van der Waals surface area contributed by atoms with Gasteiger partial charge in [0.1, 0.15) is 5.75 Å². The first-order valence-corrected chi connectivity index (χ1v) is 6.40. The molecule has 0 saturated heterocycles. The lowest BCUT2D eigenvalue weighted by atomic mass is 9.90. The number of likely N-dealkylation sites (N-methyl/N-ethyl adjacent to an activating group) is 1. The fourth-order valence-corrected chi connectivity index (χ4v) is 2.16. The summed E-state index contributed by atoms with van der Waals surface area (Å²) in [6.45, 7) is 4.17. The third-order valence-corrected chi connectivity index (χ3v) is 3.21. The number of nitrogens with one attached hydrogen (secondary N) is 1. The number of halogens is 3. The molecule has 1 N–H and O–H groups in total. The smallest absolute Gasteiger partial charge is 0.406 e. The van der Waals surface area contributed by atoms with E-state index >= 15 is 0 Å². The van der Waals surface area contributed by atoms with Crippen LogP contribution in [0, 0.1) is 0 Å². The van der Waals surface area contributed by atoms with E-state index in [1.54, 1.807) is 12.1 Å². The van der Waals surface area contributed by atoms with Crippen LogP contribution in [-0.4, -0.2) is 19.5 Å². The van der Waals surface area contributed by atoms with Crippen molar-refractivity contribution < 1.29 is 17.9 Å². The highest BCUT2D eigenvalue weighted by Gasteiger charge is 2.31. The molecular formula is C14H20F3NO. The highest BCUT2D eigenvalue weighted by atomic mass is 19.4. The molecule has 0 aliphatic heterocycles. The van der Waals surface area contributed by atoms with Crippen LogP contribution in [0.1, 0.15) is 38.2 Å². The largest absolute Gasteiger partial charge is 0.573 e. The predicted octanol–water partition coefficient (Wildman–Crippen LogP) is 4.08. The van der Waals surface area contributed by atoms with E-state index in [1.165, 1.54) is 12.1 Å². The standard InChI is InChI=1S/C14H20F3NO/c1-4-5-13(18-3)10(2)11-6-8-12(9-7-11)19-14(15,16)17/h6-10,13,18H,4-5H2,1-3H3. The van der Waals surface area contributed by atoms with Crippen molar-refractivity contribution >= 4 is 0 Å². The van der Waals surface area contributed by atoms with E-state index in [9.17, 15) is 13.2 Å². The molecule has 0 amide bonds. The van der Waals surface area contributed by atoms with Crippen LogP contribution in [-0.2, 0) is 0 Å². The van der Waals surface area contributed by atoms with Crippen LogP contribution in [0.3, 0.4) is 0 Å². The fraction of sp³-hybridized carbons (Fsp3) is 0.571. The van der Waals surface area contributed by atoms with Gasteiger partial charge in [0.2, 0.25) is 0 Å². The summed E-state index contributed by atoms with van der Waals surface area (Å²) in [4.78, 5) is 0. The van der Waals surface area contributed by atoms with E-state index < -0.39 is 6.36 Å². The lowest BCUT2D eigenvalue weighted by Gasteiger charge is -2.23. The zero-order valence-corrected chi connectivity index (χ0v) is 11.4. The van der Waals surface area contributed by atoms with Gasteiger partial charge in [-0.2, -0.15) is 0 Å². The minimum Gasteiger partial charge on any atom is -0.406 e. The molecule has 0 heterocycles. The Morgan fingerprint density at radius 3 is 2.21 bits per heavy atom. The first-order chi connectivity index (χ1) is 8.87. The van der Waals surface area contributed by atoms with E-state index in [0.29, 0.717) is 6.04 Å². The molecule has 0 saturated carbocycles. The van der Waals surface area contributed by atoms with Crippen molar-refractivity contribution in [1.82, 2.24) is 5.32 Å². The number of benzene rings is 1. The molecule has 1 rings (SSSR count). The molecule has 2 atom stereocenters. The Hall–Kier alpha value is -1.23. The van der Waals surface area contributed by atoms with Gasteiger partial charge in [0.05, 0.1) is 0 Å². The maximum atomic E-state index is 12.1. The second-order valence-corrected chi connectivity index (χ2v) is 4.59. The van der Waals surface area contributed by atoms with Gasteiger partial charge in [0.25, 0.3) is 0 Å². The fourth-order valence-electron chi connectivity index (χ4n) is 2.16. The van der Waals surface area contributed by atoms with Crippen LogP contribution in [0.5, 0.6) is 5.75 Å². The van der Waals surface area contributed by atoms with Gasteiger partial charge in [-0.25, -0.2) is 0 Å². The van der Waals surface area contributed by atoms with E-state index in [2.05, 4.69) is 23.9 Å². The summed E-state index contributed by atoms with van der Waals surface area (Å²) in [5.41, 5.74) is 1.00. The lowest BCUT2D eigenvalue weighted by molar-refractivity contribution is -0.274. The van der Waals surface area contributed by atoms with Gasteiger partial charge in [-0.15, -0.1) is 13.2 Å². The van der Waals surface area contributed by atoms with Crippen LogP contribution in [0.2, 0.25) is 0 Å². The van der Waals surface area contributed by atoms with Gasteiger partial charge in [0.15, 0.2) is 0 Å². The SMILES string of the molecule is CCCC(NC)C(C)c1ccc(OC(F)(F)F)cc1. The molecule has 0 spiro atoms. The molecule has 0 aromatic heterocycles. The van der Waals surface area contributed by atoms with Crippen molar-refractivity contribution in [3.63, 3.8) is 0 Å². The third kappa shape index (κ3) is 5.11. The quantitative estimate of drug-likeness (QED) is 0.844. The van der Waals surface area contributed by atoms with E-state index in [4.69, 9.17) is 0 Å². The second-order valence-electron chi connectivity index (χ2n) is 4.59. The Morgan fingerprint density at radius 2 is 1.79 bits per heavy atom. The molecule has 0 radical (unpaired) electrons. The number of alkyl halides is 3. The topological polar surface area (TPSA) is 21.3 Å². The molecule has 1 aromatic carbocycles. The van der Waals surface area contributed by atoms with Gasteiger partial charge in [-0.1, -0.05) is 32.4 Å². The summed E-state index contributed by atoms with van der Waals surface area (Å²) in [5, 5.41) is 3.24. The lowest BCUT2D eigenvalue weighted by Crippen LogP contribution is -2.30. The Bertz CT molecular complexity index is 375. The molecule has 108 valence electrons. The third-order valence-electron chi connectivity index (χ3n) is 3.21. The molecule has 5 heteroatoms. The normalized spacial score (nSPS) is 15.1. The number of ether oxygens (including phenoxy) is 1. The molecule has 0 bridgehead atoms. The summed E-state index contributed by atoms with van der Waals surface area (Å²) >= 11 is 0. The molecule has 0 aliphatic rings. The average Bonchev–Trinajstić information content (AvgIpc) is 2.34. The average molecular weight is 275 g/mol. The van der Waals surface area contributed by atoms with Crippen molar-refractivity contribution in [2.75, 3.05) is 7.05 Å². The summed E-state index contributed by atoms with van der Waals surface area (Å²) in [7, 11) is 1.90. The molecule has 0 fully saturated rings. The van der Waals surface area contributed by atoms with Gasteiger partial charge >= 0.3 is 6.36 Å². The Kier molecular flexibility index (Phi) is 5.66. The van der Waals surface area contributed by atoms with Crippen LogP contribution in [0.4, 0.5) is 13.2 Å². The molecule has 1 aromatic rings. The maximum Gasteiger partial charge on any atom is 0.573 e. The number of hydrogen-bond acceptors (Lipinski definition) is 2. The van der Waals surface area contributed by atoms with Crippen LogP contribution in [0.25, 0.3) is 0 Å². The second kappa shape index (κ2) is 6.80. The minimum absolute atomic E-state index is 0.181. The van der Waals surface area contributed by atoms with Crippen molar-refractivity contribution in [2.24, 2.45) is 0 Å². The molecule has 19 heavy (non-hydrogen) atoms. The van der Waals surface area contributed by atoms with E-state index in [-0.39, 0.29) is 11.7 Å². The van der Waals surface area contributed by atoms with Gasteiger partial charge < -0.3 is 10.1 Å². The van der Waals surface area contributed by atoms with Crippen molar-refractivity contribution in [1.29, 1.82) is 0 Å². The first-order valence-electron chi connectivity index (χ1n) is 6.40. The Morgan fingerprint density at radius 1 is 1.21 bits per heavy atom. The van der Waals surface area contributed by atoms with E-state index in [1.807, 2.05) is 7.05 Å².